The third-order valence-corrected chi connectivity index (χ3v) is 4.27. The SMILES string of the molecule is C[Si]1([C-]=O)CCCCO1.[CH2-]C.[Pt+2]. The van der Waals surface area contributed by atoms with E-state index in [4.69, 9.17) is 4.43 Å². The molecule has 1 aliphatic heterocycles. The average molecular weight is 367 g/mol. The minimum Gasteiger partial charge on any atom is -0.542 e. The second-order valence-electron chi connectivity index (χ2n) is 2.64. The monoisotopic (exact) mass is 367 g/mol. The van der Waals surface area contributed by atoms with Crippen LogP contribution in [0.25, 0.3) is 0 Å². The Balaban J connectivity index is 0. The van der Waals surface area contributed by atoms with Crippen molar-refractivity contribution in [3.05, 3.63) is 6.92 Å². The molecule has 12 heavy (non-hydrogen) atoms. The molecule has 0 bridgehead atoms. The molecule has 0 radical (unpaired) electrons. The molecule has 1 atom stereocenters. The van der Waals surface area contributed by atoms with Crippen molar-refractivity contribution in [3.63, 3.8) is 0 Å². The maximum atomic E-state index is 10.3. The van der Waals surface area contributed by atoms with E-state index in [1.807, 2.05) is 12.5 Å². The van der Waals surface area contributed by atoms with E-state index in [2.05, 4.69) is 6.92 Å². The first-order valence-electron chi connectivity index (χ1n) is 4.01. The zero-order valence-electron chi connectivity index (χ0n) is 7.67. The molecule has 4 heteroatoms. The van der Waals surface area contributed by atoms with Gasteiger partial charge in [0.05, 0.1) is 8.32 Å². The molecule has 0 saturated carbocycles. The average Bonchev–Trinajstić information content (AvgIpc) is 2.10. The standard InChI is InChI=1S/C6H11O2Si.C2H5.Pt/c1-9(6-7)5-3-2-4-8-9;1-2;/h2-5H2,1H3;1H2,2H3;/q2*-1;+2. The van der Waals surface area contributed by atoms with Gasteiger partial charge >= 0.3 is 21.1 Å². The Morgan fingerprint density at radius 3 is 2.25 bits per heavy atom. The minimum absolute atomic E-state index is 0. The van der Waals surface area contributed by atoms with Gasteiger partial charge in [-0.2, -0.15) is 6.92 Å². The molecule has 0 aromatic heterocycles. The fraction of sp³-hybridized carbons (Fsp3) is 0.750. The van der Waals surface area contributed by atoms with Crippen molar-refractivity contribution in [3.8, 4) is 0 Å². The Labute approximate surface area is 90.5 Å². The Hall–Kier alpha value is 0.535. The molecule has 2 nitrogen and oxygen atoms in total. The predicted molar refractivity (Wildman–Crippen MR) is 48.3 cm³/mol. The van der Waals surface area contributed by atoms with Gasteiger partial charge < -0.3 is 16.1 Å². The van der Waals surface area contributed by atoms with Crippen molar-refractivity contribution < 1.29 is 30.3 Å². The third kappa shape index (κ3) is 5.23. The van der Waals surface area contributed by atoms with Gasteiger partial charge in [-0.25, -0.2) is 5.91 Å². The second kappa shape index (κ2) is 8.15. The first-order chi connectivity index (χ1) is 5.27. The molecule has 1 aliphatic rings. The smallest absolute Gasteiger partial charge is 0.542 e. The maximum Gasteiger partial charge on any atom is 2.00 e. The van der Waals surface area contributed by atoms with Crippen molar-refractivity contribution in [2.75, 3.05) is 6.61 Å². The third-order valence-electron chi connectivity index (χ3n) is 1.68. The normalized spacial score (nSPS) is 27.6. The molecule has 0 aromatic rings. The van der Waals surface area contributed by atoms with Crippen LogP contribution in [-0.4, -0.2) is 20.8 Å². The van der Waals surface area contributed by atoms with Gasteiger partial charge in [0.1, 0.15) is 0 Å². The van der Waals surface area contributed by atoms with Crippen molar-refractivity contribution in [2.45, 2.75) is 32.4 Å². The zero-order chi connectivity index (χ0) is 8.74. The van der Waals surface area contributed by atoms with Crippen molar-refractivity contribution >= 4 is 14.2 Å². The molecule has 0 aromatic carbocycles. The van der Waals surface area contributed by atoms with Crippen molar-refractivity contribution in [2.24, 2.45) is 0 Å². The van der Waals surface area contributed by atoms with Gasteiger partial charge in [-0.1, -0.05) is 19.0 Å². The minimum atomic E-state index is -1.92. The van der Waals surface area contributed by atoms with Gasteiger partial charge in [0.25, 0.3) is 0 Å². The fourth-order valence-electron chi connectivity index (χ4n) is 1.01. The molecule has 0 amide bonds. The van der Waals surface area contributed by atoms with Crippen LogP contribution < -0.4 is 0 Å². The van der Waals surface area contributed by atoms with Gasteiger partial charge in [0, 0.05) is 6.61 Å². The zero-order valence-corrected chi connectivity index (χ0v) is 10.9. The van der Waals surface area contributed by atoms with Crippen LogP contribution in [0.3, 0.4) is 0 Å². The largest absolute Gasteiger partial charge is 2.00 e. The first kappa shape index (κ1) is 15.0. The number of hydrogen-bond donors (Lipinski definition) is 0. The summed E-state index contributed by atoms with van der Waals surface area (Å²) in [6.07, 6.45) is 2.27. The molecule has 1 heterocycles. The van der Waals surface area contributed by atoms with Gasteiger partial charge in [0.2, 0.25) is 0 Å². The molecule has 0 aliphatic carbocycles. The van der Waals surface area contributed by atoms with E-state index in [0.717, 1.165) is 25.5 Å². The Bertz CT molecular complexity index is 114. The van der Waals surface area contributed by atoms with Crippen LogP contribution in [0.2, 0.25) is 12.6 Å². The second-order valence-corrected chi connectivity index (χ2v) is 6.09. The maximum absolute atomic E-state index is 10.3. The number of hydrogen-bond acceptors (Lipinski definition) is 2. The van der Waals surface area contributed by atoms with E-state index < -0.39 is 8.32 Å². The number of carbonyl (C=O) groups excluding carboxylic acids is 1. The molecule has 1 saturated heterocycles. The van der Waals surface area contributed by atoms with E-state index >= 15 is 0 Å². The molecular weight excluding hydrogens is 351 g/mol. The van der Waals surface area contributed by atoms with E-state index in [9.17, 15) is 4.79 Å². The summed E-state index contributed by atoms with van der Waals surface area (Å²) < 4.78 is 5.33. The molecule has 0 spiro atoms. The Morgan fingerprint density at radius 2 is 2.00 bits per heavy atom. The Morgan fingerprint density at radius 1 is 1.42 bits per heavy atom. The van der Waals surface area contributed by atoms with Crippen LogP contribution in [0.5, 0.6) is 0 Å². The van der Waals surface area contributed by atoms with E-state index in [1.165, 1.54) is 0 Å². The summed E-state index contributed by atoms with van der Waals surface area (Å²) in [4.78, 5) is 10.3. The summed E-state index contributed by atoms with van der Waals surface area (Å²) in [6, 6.07) is 0.969. The molecule has 0 N–H and O–H groups in total. The van der Waals surface area contributed by atoms with Crippen molar-refractivity contribution in [1.29, 1.82) is 0 Å². The molecular formula is C8H16O2PtSi. The van der Waals surface area contributed by atoms with E-state index in [1.54, 1.807) is 6.92 Å². The fourth-order valence-corrected chi connectivity index (χ4v) is 2.84. The van der Waals surface area contributed by atoms with Crippen molar-refractivity contribution in [1.82, 2.24) is 0 Å². The van der Waals surface area contributed by atoms with Gasteiger partial charge in [-0.15, -0.1) is 0 Å². The molecule has 1 unspecified atom stereocenters. The van der Waals surface area contributed by atoms with E-state index in [-0.39, 0.29) is 21.1 Å². The quantitative estimate of drug-likeness (QED) is 0.522. The van der Waals surface area contributed by atoms with E-state index in [0.29, 0.717) is 0 Å². The summed E-state index contributed by atoms with van der Waals surface area (Å²) >= 11 is 0. The molecule has 74 valence electrons. The Kier molecular flexibility index (Phi) is 10.2. The topological polar surface area (TPSA) is 26.3 Å². The van der Waals surface area contributed by atoms with Crippen LogP contribution in [0.1, 0.15) is 19.8 Å². The number of rotatable bonds is 1. The predicted octanol–water partition coefficient (Wildman–Crippen LogP) is 1.86. The molecule has 1 rings (SSSR count). The van der Waals surface area contributed by atoms with Crippen LogP contribution in [-0.2, 0) is 30.3 Å². The summed E-state index contributed by atoms with van der Waals surface area (Å²) in [5.74, 6) is 2.05. The van der Waals surface area contributed by atoms with Gasteiger partial charge in [-0.3, -0.25) is 0 Å². The summed E-state index contributed by atoms with van der Waals surface area (Å²) in [7, 11) is -1.92. The first-order valence-corrected chi connectivity index (χ1v) is 6.62. The summed E-state index contributed by atoms with van der Waals surface area (Å²) in [5, 5.41) is 0. The van der Waals surface area contributed by atoms with Gasteiger partial charge in [-0.05, 0) is 6.42 Å². The molecule has 1 fully saturated rings. The van der Waals surface area contributed by atoms with Gasteiger partial charge in [0.15, 0.2) is 0 Å². The van der Waals surface area contributed by atoms with Crippen LogP contribution in [0.4, 0.5) is 0 Å². The summed E-state index contributed by atoms with van der Waals surface area (Å²) in [5.41, 5.74) is 0. The van der Waals surface area contributed by atoms with Crippen LogP contribution in [0, 0.1) is 6.92 Å². The summed E-state index contributed by atoms with van der Waals surface area (Å²) in [6.45, 7) is 7.71. The van der Waals surface area contributed by atoms with Crippen LogP contribution in [0.15, 0.2) is 0 Å². The van der Waals surface area contributed by atoms with Crippen LogP contribution >= 0.6 is 0 Å².